The molecule has 2 fully saturated rings. The van der Waals surface area contributed by atoms with Crippen molar-refractivity contribution < 1.29 is 26.7 Å². The summed E-state index contributed by atoms with van der Waals surface area (Å²) in [6, 6.07) is 9.43. The molecule has 2 aromatic rings. The number of sulfonamides is 1. The van der Waals surface area contributed by atoms with E-state index in [2.05, 4.69) is 9.62 Å². The summed E-state index contributed by atoms with van der Waals surface area (Å²) in [5, 5.41) is 0. The van der Waals surface area contributed by atoms with Gasteiger partial charge < -0.3 is 14.4 Å². The van der Waals surface area contributed by atoms with Crippen molar-refractivity contribution in [1.82, 2.24) is 4.72 Å². The molecule has 2 aliphatic heterocycles. The average Bonchev–Trinajstić information content (AvgIpc) is 3.17. The number of benzene rings is 2. The zero-order chi connectivity index (χ0) is 20.5. The van der Waals surface area contributed by atoms with Gasteiger partial charge in [0.25, 0.3) is 0 Å². The summed E-state index contributed by atoms with van der Waals surface area (Å²) in [6.45, 7) is 2.42. The highest BCUT2D eigenvalue weighted by Gasteiger charge is 2.39. The molecule has 4 rings (SSSR count). The molecule has 0 amide bonds. The van der Waals surface area contributed by atoms with Gasteiger partial charge in [0.1, 0.15) is 11.6 Å². The molecular weight excluding hydrogens is 402 g/mol. The summed E-state index contributed by atoms with van der Waals surface area (Å²) in [5.41, 5.74) is 0.858. The van der Waals surface area contributed by atoms with Crippen molar-refractivity contribution in [2.24, 2.45) is 0 Å². The lowest BCUT2D eigenvalue weighted by Gasteiger charge is -2.38. The molecule has 1 N–H and O–H groups in total. The van der Waals surface area contributed by atoms with Crippen LogP contribution in [-0.4, -0.2) is 40.5 Å². The first kappa shape index (κ1) is 20.2. The predicted molar refractivity (Wildman–Crippen MR) is 103 cm³/mol. The van der Waals surface area contributed by atoms with Crippen LogP contribution in [0.2, 0.25) is 0 Å². The summed E-state index contributed by atoms with van der Waals surface area (Å²) in [5.74, 6) is -1.75. The number of hydrogen-bond donors (Lipinski definition) is 1. The second kappa shape index (κ2) is 7.98. The van der Waals surface area contributed by atoms with E-state index < -0.39 is 27.4 Å². The minimum absolute atomic E-state index is 0.0520. The monoisotopic (exact) mass is 424 g/mol. The van der Waals surface area contributed by atoms with Crippen LogP contribution >= 0.6 is 0 Å². The lowest BCUT2D eigenvalue weighted by molar-refractivity contribution is -0.169. The van der Waals surface area contributed by atoms with Crippen LogP contribution < -0.4 is 9.62 Å². The molecule has 156 valence electrons. The molecule has 0 atom stereocenters. The summed E-state index contributed by atoms with van der Waals surface area (Å²) in [6.07, 6.45) is 1.52. The Morgan fingerprint density at radius 1 is 1.00 bits per heavy atom. The molecule has 2 aliphatic rings. The molecule has 6 nitrogen and oxygen atoms in total. The Balaban J connectivity index is 1.39. The lowest BCUT2D eigenvalue weighted by atomic mass is 10.0. The molecule has 9 heteroatoms. The van der Waals surface area contributed by atoms with Gasteiger partial charge in [-0.05, 0) is 42.5 Å². The first-order valence-corrected chi connectivity index (χ1v) is 10.9. The first-order valence-electron chi connectivity index (χ1n) is 9.43. The second-order valence-electron chi connectivity index (χ2n) is 7.15. The van der Waals surface area contributed by atoms with Gasteiger partial charge >= 0.3 is 0 Å². The third-order valence-electron chi connectivity index (χ3n) is 5.31. The molecule has 0 bridgehead atoms. The standard InChI is InChI=1S/C20H22F2N2O4S/c21-16-1-6-19(22)15(13-16)14-23-29(25,26)18-4-2-17(3-5-18)24-9-7-20(8-10-24)27-11-12-28-20/h1-6,13,23H,7-12,14H2. The molecule has 1 spiro atoms. The van der Waals surface area contributed by atoms with Gasteiger partial charge in [-0.15, -0.1) is 0 Å². The van der Waals surface area contributed by atoms with Crippen molar-refractivity contribution in [2.75, 3.05) is 31.2 Å². The summed E-state index contributed by atoms with van der Waals surface area (Å²) >= 11 is 0. The van der Waals surface area contributed by atoms with Gasteiger partial charge in [0.15, 0.2) is 5.79 Å². The van der Waals surface area contributed by atoms with E-state index in [0.29, 0.717) is 13.2 Å². The fourth-order valence-corrected chi connectivity index (χ4v) is 4.67. The Morgan fingerprint density at radius 2 is 1.66 bits per heavy atom. The zero-order valence-electron chi connectivity index (χ0n) is 15.7. The van der Waals surface area contributed by atoms with Gasteiger partial charge in [0.05, 0.1) is 18.1 Å². The Bertz CT molecular complexity index is 966. The maximum atomic E-state index is 13.7. The highest BCUT2D eigenvalue weighted by molar-refractivity contribution is 7.89. The van der Waals surface area contributed by atoms with Gasteiger partial charge in [-0.1, -0.05) is 0 Å². The summed E-state index contributed by atoms with van der Waals surface area (Å²) in [4.78, 5) is 2.22. The van der Waals surface area contributed by atoms with Crippen LogP contribution in [0.15, 0.2) is 47.4 Å². The van der Waals surface area contributed by atoms with Gasteiger partial charge in [0.2, 0.25) is 10.0 Å². The maximum Gasteiger partial charge on any atom is 0.240 e. The zero-order valence-corrected chi connectivity index (χ0v) is 16.6. The lowest BCUT2D eigenvalue weighted by Crippen LogP contribution is -2.45. The van der Waals surface area contributed by atoms with Crippen LogP contribution in [0.1, 0.15) is 18.4 Å². The van der Waals surface area contributed by atoms with E-state index >= 15 is 0 Å². The van der Waals surface area contributed by atoms with E-state index in [4.69, 9.17) is 9.47 Å². The second-order valence-corrected chi connectivity index (χ2v) is 8.92. The van der Waals surface area contributed by atoms with Gasteiger partial charge in [-0.3, -0.25) is 0 Å². The minimum Gasteiger partial charge on any atom is -0.371 e. The van der Waals surface area contributed by atoms with Crippen LogP contribution in [0.4, 0.5) is 14.5 Å². The third kappa shape index (κ3) is 4.42. The van der Waals surface area contributed by atoms with Crippen LogP contribution in [0.3, 0.4) is 0 Å². The molecule has 29 heavy (non-hydrogen) atoms. The number of nitrogens with one attached hydrogen (secondary N) is 1. The van der Waals surface area contributed by atoms with Crippen molar-refractivity contribution >= 4 is 15.7 Å². The summed E-state index contributed by atoms with van der Waals surface area (Å²) < 4.78 is 65.7. The molecule has 2 aromatic carbocycles. The van der Waals surface area contributed by atoms with Crippen LogP contribution in [0, 0.1) is 11.6 Å². The number of anilines is 1. The fourth-order valence-electron chi connectivity index (χ4n) is 3.66. The van der Waals surface area contributed by atoms with E-state index in [0.717, 1.165) is 49.8 Å². The predicted octanol–water partition coefficient (Wildman–Crippen LogP) is 2.79. The summed E-state index contributed by atoms with van der Waals surface area (Å²) in [7, 11) is -3.85. The molecule has 0 aliphatic carbocycles. The topological polar surface area (TPSA) is 67.9 Å². The SMILES string of the molecule is O=S(=O)(NCc1cc(F)ccc1F)c1ccc(N2CCC3(CC2)OCCO3)cc1. The number of halogens is 2. The Kier molecular flexibility index (Phi) is 5.56. The third-order valence-corrected chi connectivity index (χ3v) is 6.73. The van der Waals surface area contributed by atoms with E-state index in [-0.39, 0.29) is 17.0 Å². The number of rotatable bonds is 5. The van der Waals surface area contributed by atoms with E-state index in [1.165, 1.54) is 12.1 Å². The van der Waals surface area contributed by atoms with Gasteiger partial charge in [-0.2, -0.15) is 0 Å². The molecule has 0 radical (unpaired) electrons. The molecule has 0 saturated carbocycles. The number of piperidine rings is 1. The fraction of sp³-hybridized carbons (Fsp3) is 0.400. The smallest absolute Gasteiger partial charge is 0.240 e. The molecule has 0 unspecified atom stereocenters. The minimum atomic E-state index is -3.85. The largest absolute Gasteiger partial charge is 0.371 e. The van der Waals surface area contributed by atoms with Crippen molar-refractivity contribution in [1.29, 1.82) is 0 Å². The number of nitrogens with zero attached hydrogens (tertiary/aromatic N) is 1. The van der Waals surface area contributed by atoms with Crippen LogP contribution in [-0.2, 0) is 26.0 Å². The highest BCUT2D eigenvalue weighted by Crippen LogP contribution is 2.33. The van der Waals surface area contributed by atoms with Gasteiger partial charge in [0, 0.05) is 43.7 Å². The van der Waals surface area contributed by atoms with E-state index in [9.17, 15) is 17.2 Å². The quantitative estimate of drug-likeness (QED) is 0.800. The van der Waals surface area contributed by atoms with Crippen molar-refractivity contribution in [3.8, 4) is 0 Å². The number of ether oxygens (including phenoxy) is 2. The Hall–Kier alpha value is -2.07. The van der Waals surface area contributed by atoms with Crippen molar-refractivity contribution in [3.63, 3.8) is 0 Å². The average molecular weight is 424 g/mol. The maximum absolute atomic E-state index is 13.7. The van der Waals surface area contributed by atoms with E-state index in [1.807, 2.05) is 0 Å². The molecule has 2 saturated heterocycles. The van der Waals surface area contributed by atoms with Gasteiger partial charge in [-0.25, -0.2) is 21.9 Å². The van der Waals surface area contributed by atoms with E-state index in [1.54, 1.807) is 12.1 Å². The van der Waals surface area contributed by atoms with Crippen molar-refractivity contribution in [3.05, 3.63) is 59.7 Å². The number of hydrogen-bond acceptors (Lipinski definition) is 5. The first-order chi connectivity index (χ1) is 13.9. The molecule has 0 aromatic heterocycles. The van der Waals surface area contributed by atoms with Crippen molar-refractivity contribution in [2.45, 2.75) is 30.1 Å². The Morgan fingerprint density at radius 3 is 2.31 bits per heavy atom. The molecule has 2 heterocycles. The van der Waals surface area contributed by atoms with Crippen LogP contribution in [0.5, 0.6) is 0 Å². The molecular formula is C20H22F2N2O4S. The normalized spacial score (nSPS) is 19.0. The highest BCUT2D eigenvalue weighted by atomic mass is 32.2. The van der Waals surface area contributed by atoms with Crippen LogP contribution in [0.25, 0.3) is 0 Å². The Labute approximate surface area is 168 Å².